The van der Waals surface area contributed by atoms with E-state index < -0.39 is 0 Å². The molecule has 0 fully saturated rings. The molecule has 0 spiro atoms. The zero-order valence-electron chi connectivity index (χ0n) is 8.78. The summed E-state index contributed by atoms with van der Waals surface area (Å²) in [4.78, 5) is 0.629. The van der Waals surface area contributed by atoms with Crippen LogP contribution in [0.2, 0.25) is 0 Å². The lowest BCUT2D eigenvalue weighted by Gasteiger charge is -2.25. The van der Waals surface area contributed by atoms with Gasteiger partial charge in [-0.25, -0.2) is 0 Å². The summed E-state index contributed by atoms with van der Waals surface area (Å²) in [5, 5.41) is 0. The van der Waals surface area contributed by atoms with E-state index in [9.17, 15) is 0 Å². The highest BCUT2D eigenvalue weighted by molar-refractivity contribution is 9.09. The second-order valence-electron chi connectivity index (χ2n) is 4.68. The number of alkyl halides is 1. The van der Waals surface area contributed by atoms with Crippen LogP contribution in [-0.2, 0) is 0 Å². The third-order valence-corrected chi connectivity index (χ3v) is 3.83. The monoisotopic (exact) mass is 232 g/mol. The van der Waals surface area contributed by atoms with Crippen LogP contribution in [0.5, 0.6) is 0 Å². The largest absolute Gasteiger partial charge is 0.100 e. The molecule has 0 saturated heterocycles. The van der Waals surface area contributed by atoms with Crippen molar-refractivity contribution in [2.75, 3.05) is 0 Å². The van der Waals surface area contributed by atoms with E-state index in [1.807, 2.05) is 0 Å². The molecule has 0 rings (SSSR count). The van der Waals surface area contributed by atoms with Crippen molar-refractivity contribution < 1.29 is 0 Å². The Morgan fingerprint density at radius 3 is 2.25 bits per heavy atom. The molecule has 0 aromatic heterocycles. The van der Waals surface area contributed by atoms with Crippen molar-refractivity contribution in [1.82, 2.24) is 0 Å². The minimum atomic E-state index is 0.384. The molecule has 0 aromatic carbocycles. The topological polar surface area (TPSA) is 0 Å². The van der Waals surface area contributed by atoms with Crippen molar-refractivity contribution in [1.29, 1.82) is 0 Å². The normalized spacial score (nSPS) is 14.4. The van der Waals surface area contributed by atoms with Gasteiger partial charge in [0.25, 0.3) is 0 Å². The minimum absolute atomic E-state index is 0.384. The first kappa shape index (κ1) is 12.2. The van der Waals surface area contributed by atoms with E-state index in [-0.39, 0.29) is 0 Å². The van der Waals surface area contributed by atoms with Gasteiger partial charge < -0.3 is 0 Å². The van der Waals surface area contributed by atoms with Crippen molar-refractivity contribution in [3.8, 4) is 0 Å². The predicted octanol–water partition coefficient (Wildman–Crippen LogP) is 4.54. The van der Waals surface area contributed by atoms with Gasteiger partial charge in [0.2, 0.25) is 0 Å². The molecule has 0 aliphatic carbocycles. The average Bonchev–Trinajstić information content (AvgIpc) is 1.84. The van der Waals surface area contributed by atoms with E-state index >= 15 is 0 Å². The third-order valence-electron chi connectivity index (χ3n) is 2.00. The van der Waals surface area contributed by atoms with Gasteiger partial charge in [-0.3, -0.25) is 0 Å². The number of hydrogen-bond acceptors (Lipinski definition) is 0. The van der Waals surface area contributed by atoms with Gasteiger partial charge in [0, 0.05) is 4.83 Å². The van der Waals surface area contributed by atoms with Crippen LogP contribution in [0.15, 0.2) is 12.2 Å². The Hall–Kier alpha value is 0.220. The standard InChI is InChI=1S/C11H21Br/c1-9(2)7-6-8-10(12)11(3,4)5/h10H,1,6-8H2,2-5H3. The van der Waals surface area contributed by atoms with Crippen LogP contribution in [0.3, 0.4) is 0 Å². The molecule has 1 heteroatoms. The fourth-order valence-electron chi connectivity index (χ4n) is 1.02. The summed E-state index contributed by atoms with van der Waals surface area (Å²) >= 11 is 3.72. The van der Waals surface area contributed by atoms with Crippen LogP contribution in [0.1, 0.15) is 47.0 Å². The lowest BCUT2D eigenvalue weighted by atomic mass is 9.89. The molecule has 12 heavy (non-hydrogen) atoms. The predicted molar refractivity (Wildman–Crippen MR) is 60.8 cm³/mol. The molecule has 72 valence electrons. The van der Waals surface area contributed by atoms with Gasteiger partial charge in [-0.2, -0.15) is 0 Å². The van der Waals surface area contributed by atoms with Crippen LogP contribution in [0.4, 0.5) is 0 Å². The van der Waals surface area contributed by atoms with Crippen molar-refractivity contribution >= 4 is 15.9 Å². The number of halogens is 1. The highest BCUT2D eigenvalue weighted by atomic mass is 79.9. The smallest absolute Gasteiger partial charge is 0.0194 e. The summed E-state index contributed by atoms with van der Waals surface area (Å²) in [6.07, 6.45) is 3.66. The molecule has 0 bridgehead atoms. The Labute approximate surface area is 85.6 Å². The summed E-state index contributed by atoms with van der Waals surface area (Å²) < 4.78 is 0. The van der Waals surface area contributed by atoms with E-state index in [2.05, 4.69) is 50.2 Å². The van der Waals surface area contributed by atoms with Crippen LogP contribution in [0.25, 0.3) is 0 Å². The summed E-state index contributed by atoms with van der Waals surface area (Å²) in [6.45, 7) is 12.8. The van der Waals surface area contributed by atoms with Crippen LogP contribution in [0, 0.1) is 5.41 Å². The molecule has 0 N–H and O–H groups in total. The molecule has 0 heterocycles. The number of allylic oxidation sites excluding steroid dienone is 1. The van der Waals surface area contributed by atoms with E-state index in [4.69, 9.17) is 0 Å². The van der Waals surface area contributed by atoms with Crippen LogP contribution in [-0.4, -0.2) is 4.83 Å². The lowest BCUT2D eigenvalue weighted by Crippen LogP contribution is -2.19. The Bertz CT molecular complexity index is 142. The molecule has 1 unspecified atom stereocenters. The second-order valence-corrected chi connectivity index (χ2v) is 5.79. The van der Waals surface area contributed by atoms with Crippen LogP contribution >= 0.6 is 15.9 Å². The van der Waals surface area contributed by atoms with Gasteiger partial charge >= 0.3 is 0 Å². The van der Waals surface area contributed by atoms with E-state index in [0.29, 0.717) is 10.2 Å². The van der Waals surface area contributed by atoms with E-state index in [1.165, 1.54) is 18.4 Å². The van der Waals surface area contributed by atoms with Gasteiger partial charge in [0.05, 0.1) is 0 Å². The molecule has 0 nitrogen and oxygen atoms in total. The Morgan fingerprint density at radius 1 is 1.42 bits per heavy atom. The molecule has 0 radical (unpaired) electrons. The third kappa shape index (κ3) is 5.82. The first-order chi connectivity index (χ1) is 5.34. The van der Waals surface area contributed by atoms with Crippen molar-refractivity contribution in [3.05, 3.63) is 12.2 Å². The second kappa shape index (κ2) is 5.06. The maximum Gasteiger partial charge on any atom is 0.0194 e. The number of rotatable bonds is 4. The molecular formula is C11H21Br. The highest BCUT2D eigenvalue weighted by Gasteiger charge is 2.20. The molecule has 0 aromatic rings. The van der Waals surface area contributed by atoms with Crippen molar-refractivity contribution in [2.45, 2.75) is 51.8 Å². The molecule has 0 saturated carbocycles. The van der Waals surface area contributed by atoms with Gasteiger partial charge in [-0.15, -0.1) is 6.58 Å². The SMILES string of the molecule is C=C(C)CCCC(Br)C(C)(C)C. The zero-order valence-corrected chi connectivity index (χ0v) is 10.4. The maximum absolute atomic E-state index is 3.90. The first-order valence-electron chi connectivity index (χ1n) is 4.62. The van der Waals surface area contributed by atoms with Gasteiger partial charge in [-0.05, 0) is 31.6 Å². The Morgan fingerprint density at radius 2 is 1.92 bits per heavy atom. The fraction of sp³-hybridized carbons (Fsp3) is 0.818. The number of hydrogen-bond donors (Lipinski definition) is 0. The first-order valence-corrected chi connectivity index (χ1v) is 5.54. The molecule has 0 aliphatic rings. The van der Waals surface area contributed by atoms with Crippen molar-refractivity contribution in [2.24, 2.45) is 5.41 Å². The van der Waals surface area contributed by atoms with Gasteiger partial charge in [0.15, 0.2) is 0 Å². The van der Waals surface area contributed by atoms with E-state index in [0.717, 1.165) is 6.42 Å². The highest BCUT2D eigenvalue weighted by Crippen LogP contribution is 2.30. The summed E-state index contributed by atoms with van der Waals surface area (Å²) in [7, 11) is 0. The Kier molecular flexibility index (Phi) is 5.15. The summed E-state index contributed by atoms with van der Waals surface area (Å²) in [5.41, 5.74) is 1.68. The maximum atomic E-state index is 3.90. The van der Waals surface area contributed by atoms with Crippen molar-refractivity contribution in [3.63, 3.8) is 0 Å². The Balaban J connectivity index is 3.58. The summed E-state index contributed by atoms with van der Waals surface area (Å²) in [6, 6.07) is 0. The molecule has 0 amide bonds. The zero-order chi connectivity index (χ0) is 9.78. The van der Waals surface area contributed by atoms with Crippen LogP contribution < -0.4 is 0 Å². The fourth-order valence-corrected chi connectivity index (χ4v) is 1.34. The molecule has 1 atom stereocenters. The lowest BCUT2D eigenvalue weighted by molar-refractivity contribution is 0.380. The minimum Gasteiger partial charge on any atom is -0.100 e. The van der Waals surface area contributed by atoms with E-state index in [1.54, 1.807) is 0 Å². The molecule has 0 aliphatic heterocycles. The average molecular weight is 233 g/mol. The summed E-state index contributed by atoms with van der Waals surface area (Å²) in [5.74, 6) is 0. The quantitative estimate of drug-likeness (QED) is 0.494. The molecular weight excluding hydrogens is 212 g/mol. The van der Waals surface area contributed by atoms with Gasteiger partial charge in [-0.1, -0.05) is 42.3 Å². The van der Waals surface area contributed by atoms with Gasteiger partial charge in [0.1, 0.15) is 0 Å².